The Morgan fingerprint density at radius 2 is 2.04 bits per heavy atom. The van der Waals surface area contributed by atoms with Crippen molar-refractivity contribution in [2.45, 2.75) is 51.7 Å². The fraction of sp³-hybridized carbons (Fsp3) is 0.500. The molecule has 23 heavy (non-hydrogen) atoms. The van der Waals surface area contributed by atoms with Gasteiger partial charge in [0.2, 0.25) is 11.7 Å². The van der Waals surface area contributed by atoms with Gasteiger partial charge in [0.25, 0.3) is 0 Å². The smallest absolute Gasteiger partial charge is 0.246 e. The number of halogens is 1. The number of rotatable bonds is 3. The molecule has 1 fully saturated rings. The molecule has 1 aromatic carbocycles. The molecule has 3 rings (SSSR count). The second kappa shape index (κ2) is 6.44. The van der Waals surface area contributed by atoms with E-state index < -0.39 is 0 Å². The quantitative estimate of drug-likeness (QED) is 0.871. The zero-order chi connectivity index (χ0) is 16.4. The molecule has 0 saturated carbocycles. The molecule has 0 aliphatic carbocycles. The summed E-state index contributed by atoms with van der Waals surface area (Å²) in [6, 6.07) is 6.47. The van der Waals surface area contributed by atoms with E-state index in [2.05, 4.69) is 29.3 Å². The molecule has 1 saturated heterocycles. The molecule has 1 amide bonds. The fourth-order valence-corrected chi connectivity index (χ4v) is 3.17. The third kappa shape index (κ3) is 3.38. The van der Waals surface area contributed by atoms with E-state index in [9.17, 15) is 9.18 Å². The van der Waals surface area contributed by atoms with Crippen LogP contribution in [0.2, 0.25) is 0 Å². The molecule has 0 radical (unpaired) electrons. The fourth-order valence-electron chi connectivity index (χ4n) is 3.17. The van der Waals surface area contributed by atoms with Crippen LogP contribution in [-0.2, 0) is 11.3 Å². The number of carbonyl (C=O) groups is 1. The monoisotopic (exact) mass is 317 g/mol. The first kappa shape index (κ1) is 15.6. The van der Waals surface area contributed by atoms with Crippen molar-refractivity contribution in [1.29, 1.82) is 0 Å². The van der Waals surface area contributed by atoms with Crippen LogP contribution in [0.25, 0.3) is 11.4 Å². The van der Waals surface area contributed by atoms with E-state index in [1.165, 1.54) is 16.9 Å². The number of carbonyl (C=O) groups excluding carboxylic acids is 1. The van der Waals surface area contributed by atoms with Crippen LogP contribution in [0.4, 0.5) is 4.39 Å². The van der Waals surface area contributed by atoms with Crippen molar-refractivity contribution in [3.8, 4) is 11.4 Å². The predicted octanol–water partition coefficient (Wildman–Crippen LogP) is 2.27. The van der Waals surface area contributed by atoms with Crippen molar-refractivity contribution in [1.82, 2.24) is 25.1 Å². The standard InChI is InChI=1S/C16H20FN5O/c1-11-5-3-6-12(2)22(11)15(23)10-21-19-16(18-20-21)13-7-4-8-14(17)9-13/h4,7-9,11-12H,3,5-6,10H2,1-2H3/t11-,12-/m0/s1. The summed E-state index contributed by atoms with van der Waals surface area (Å²) < 4.78 is 13.3. The number of hydrogen-bond acceptors (Lipinski definition) is 4. The molecule has 2 heterocycles. The molecule has 0 unspecified atom stereocenters. The second-order valence-electron chi connectivity index (χ2n) is 6.08. The third-order valence-corrected chi connectivity index (χ3v) is 4.29. The first-order chi connectivity index (χ1) is 11.0. The molecule has 6 nitrogen and oxygen atoms in total. The number of amides is 1. The van der Waals surface area contributed by atoms with Gasteiger partial charge >= 0.3 is 0 Å². The van der Waals surface area contributed by atoms with E-state index in [1.54, 1.807) is 12.1 Å². The van der Waals surface area contributed by atoms with Crippen LogP contribution in [-0.4, -0.2) is 43.1 Å². The Kier molecular flexibility index (Phi) is 4.36. The Labute approximate surface area is 134 Å². The number of benzene rings is 1. The lowest BCUT2D eigenvalue weighted by molar-refractivity contribution is -0.138. The topological polar surface area (TPSA) is 63.9 Å². The van der Waals surface area contributed by atoms with Crippen LogP contribution in [0, 0.1) is 5.82 Å². The van der Waals surface area contributed by atoms with Crippen molar-refractivity contribution in [3.05, 3.63) is 30.1 Å². The van der Waals surface area contributed by atoms with Crippen LogP contribution < -0.4 is 0 Å². The van der Waals surface area contributed by atoms with Gasteiger partial charge in [-0.15, -0.1) is 10.2 Å². The molecule has 7 heteroatoms. The molecule has 1 aliphatic heterocycles. The van der Waals surface area contributed by atoms with Crippen molar-refractivity contribution >= 4 is 5.91 Å². The van der Waals surface area contributed by atoms with E-state index in [0.29, 0.717) is 11.4 Å². The molecule has 0 spiro atoms. The van der Waals surface area contributed by atoms with Gasteiger partial charge in [-0.05, 0) is 50.5 Å². The highest BCUT2D eigenvalue weighted by Gasteiger charge is 2.29. The van der Waals surface area contributed by atoms with Gasteiger partial charge in [0.05, 0.1) is 0 Å². The first-order valence-corrected chi connectivity index (χ1v) is 7.89. The van der Waals surface area contributed by atoms with Gasteiger partial charge in [0, 0.05) is 17.6 Å². The van der Waals surface area contributed by atoms with Crippen molar-refractivity contribution in [2.75, 3.05) is 0 Å². The van der Waals surface area contributed by atoms with Crippen molar-refractivity contribution < 1.29 is 9.18 Å². The maximum absolute atomic E-state index is 13.3. The van der Waals surface area contributed by atoms with Crippen LogP contribution in [0.3, 0.4) is 0 Å². The van der Waals surface area contributed by atoms with Gasteiger partial charge in [0.15, 0.2) is 0 Å². The molecule has 1 aromatic heterocycles. The Morgan fingerprint density at radius 3 is 2.74 bits per heavy atom. The minimum atomic E-state index is -0.356. The van der Waals surface area contributed by atoms with E-state index >= 15 is 0 Å². The maximum Gasteiger partial charge on any atom is 0.246 e. The Morgan fingerprint density at radius 1 is 1.30 bits per heavy atom. The lowest BCUT2D eigenvalue weighted by atomic mass is 9.97. The van der Waals surface area contributed by atoms with E-state index in [-0.39, 0.29) is 30.4 Å². The van der Waals surface area contributed by atoms with Crippen LogP contribution in [0.5, 0.6) is 0 Å². The Balaban J connectivity index is 1.72. The molecule has 0 N–H and O–H groups in total. The van der Waals surface area contributed by atoms with Crippen molar-refractivity contribution in [3.63, 3.8) is 0 Å². The predicted molar refractivity (Wildman–Crippen MR) is 82.8 cm³/mol. The average molecular weight is 317 g/mol. The zero-order valence-corrected chi connectivity index (χ0v) is 13.3. The molecular weight excluding hydrogens is 297 g/mol. The summed E-state index contributed by atoms with van der Waals surface area (Å²) >= 11 is 0. The maximum atomic E-state index is 13.3. The second-order valence-corrected chi connectivity index (χ2v) is 6.08. The summed E-state index contributed by atoms with van der Waals surface area (Å²) in [5.74, 6) is -0.0455. The molecule has 1 aliphatic rings. The highest BCUT2D eigenvalue weighted by atomic mass is 19.1. The van der Waals surface area contributed by atoms with E-state index in [0.717, 1.165) is 19.3 Å². The summed E-state index contributed by atoms with van der Waals surface area (Å²) in [4.78, 5) is 15.7. The molecular formula is C16H20FN5O. The highest BCUT2D eigenvalue weighted by Crippen LogP contribution is 2.22. The normalized spacial score (nSPS) is 21.4. The SMILES string of the molecule is C[C@H]1CCC[C@H](C)N1C(=O)Cn1nnc(-c2cccc(F)c2)n1. The number of hydrogen-bond donors (Lipinski definition) is 0. The number of tetrazole rings is 1. The van der Waals surface area contributed by atoms with Gasteiger partial charge in [-0.2, -0.15) is 4.80 Å². The van der Waals surface area contributed by atoms with Gasteiger partial charge < -0.3 is 4.90 Å². The molecule has 122 valence electrons. The minimum Gasteiger partial charge on any atom is -0.336 e. The van der Waals surface area contributed by atoms with Crippen molar-refractivity contribution in [2.24, 2.45) is 0 Å². The molecule has 2 aromatic rings. The molecule has 0 bridgehead atoms. The summed E-state index contributed by atoms with van der Waals surface area (Å²) in [5, 5.41) is 12.0. The van der Waals surface area contributed by atoms with Crippen LogP contribution >= 0.6 is 0 Å². The third-order valence-electron chi connectivity index (χ3n) is 4.29. The van der Waals surface area contributed by atoms with Gasteiger partial charge in [-0.25, -0.2) is 4.39 Å². The summed E-state index contributed by atoms with van der Waals surface area (Å²) in [6.45, 7) is 4.19. The van der Waals surface area contributed by atoms with Gasteiger partial charge in [0.1, 0.15) is 12.4 Å². The highest BCUT2D eigenvalue weighted by molar-refractivity contribution is 5.76. The summed E-state index contributed by atoms with van der Waals surface area (Å²) in [5.41, 5.74) is 0.545. The Bertz CT molecular complexity index is 691. The van der Waals surface area contributed by atoms with Gasteiger partial charge in [-0.3, -0.25) is 4.79 Å². The van der Waals surface area contributed by atoms with Crippen LogP contribution in [0.15, 0.2) is 24.3 Å². The minimum absolute atomic E-state index is 0.00658. The number of piperidine rings is 1. The average Bonchev–Trinajstić information content (AvgIpc) is 2.95. The molecule has 2 atom stereocenters. The number of nitrogens with zero attached hydrogens (tertiary/aromatic N) is 5. The Hall–Kier alpha value is -2.31. The number of aromatic nitrogens is 4. The lowest BCUT2D eigenvalue weighted by Gasteiger charge is -2.38. The summed E-state index contributed by atoms with van der Waals surface area (Å²) in [7, 11) is 0. The van der Waals surface area contributed by atoms with E-state index in [4.69, 9.17) is 0 Å². The van der Waals surface area contributed by atoms with Gasteiger partial charge in [-0.1, -0.05) is 12.1 Å². The zero-order valence-electron chi connectivity index (χ0n) is 13.3. The van der Waals surface area contributed by atoms with Crippen LogP contribution in [0.1, 0.15) is 33.1 Å². The number of likely N-dealkylation sites (tertiary alicyclic amines) is 1. The lowest BCUT2D eigenvalue weighted by Crippen LogP contribution is -2.48. The summed E-state index contributed by atoms with van der Waals surface area (Å²) in [6.07, 6.45) is 3.20. The first-order valence-electron chi connectivity index (χ1n) is 7.89. The van der Waals surface area contributed by atoms with E-state index in [1.807, 2.05) is 4.90 Å². The largest absolute Gasteiger partial charge is 0.336 e.